The van der Waals surface area contributed by atoms with E-state index in [-0.39, 0.29) is 10.1 Å². The van der Waals surface area contributed by atoms with Gasteiger partial charge in [-0.05, 0) is 50.2 Å². The molecule has 16 heavy (non-hydrogen) atoms. The largest absolute Gasteiger partial charge is 0.317 e. The van der Waals surface area contributed by atoms with Crippen LogP contribution in [0.25, 0.3) is 0 Å². The Labute approximate surface area is 94.6 Å². The van der Waals surface area contributed by atoms with E-state index in [0.29, 0.717) is 12.8 Å². The van der Waals surface area contributed by atoms with Crippen LogP contribution in [-0.4, -0.2) is 26.8 Å². The third-order valence-corrected chi connectivity index (χ3v) is 5.15. The van der Waals surface area contributed by atoms with Gasteiger partial charge in [-0.25, -0.2) is 12.8 Å². The fourth-order valence-corrected chi connectivity index (χ4v) is 3.68. The van der Waals surface area contributed by atoms with Gasteiger partial charge in [0.15, 0.2) is 9.84 Å². The molecule has 0 aromatic heterocycles. The predicted molar refractivity (Wildman–Crippen MR) is 59.5 cm³/mol. The molecule has 1 fully saturated rings. The van der Waals surface area contributed by atoms with Gasteiger partial charge in [0.25, 0.3) is 0 Å². The Bertz CT molecular complexity index is 449. The summed E-state index contributed by atoms with van der Waals surface area (Å²) in [5.41, 5.74) is 0. The number of rotatable bonds is 2. The summed E-state index contributed by atoms with van der Waals surface area (Å²) in [7, 11) is -3.29. The first-order chi connectivity index (χ1) is 7.60. The molecule has 88 valence electrons. The van der Waals surface area contributed by atoms with E-state index in [0.717, 1.165) is 13.1 Å². The average Bonchev–Trinajstić information content (AvgIpc) is 2.31. The second-order valence-corrected chi connectivity index (χ2v) is 6.18. The van der Waals surface area contributed by atoms with Crippen molar-refractivity contribution >= 4 is 9.84 Å². The Morgan fingerprint density at radius 3 is 2.25 bits per heavy atom. The molecule has 0 atom stereocenters. The van der Waals surface area contributed by atoms with Crippen LogP contribution >= 0.6 is 0 Å². The molecule has 0 spiro atoms. The standard InChI is InChI=1S/C11H14FNO2S/c12-9-1-3-10(4-2-9)16(14,15)11-5-7-13-8-6-11/h1-4,11,13H,5-8H2. The van der Waals surface area contributed by atoms with Crippen molar-refractivity contribution in [3.05, 3.63) is 30.1 Å². The highest BCUT2D eigenvalue weighted by molar-refractivity contribution is 7.92. The van der Waals surface area contributed by atoms with Crippen LogP contribution in [0.1, 0.15) is 12.8 Å². The summed E-state index contributed by atoms with van der Waals surface area (Å²) in [6, 6.07) is 5.06. The average molecular weight is 243 g/mol. The molecule has 1 aliphatic rings. The molecule has 2 rings (SSSR count). The first-order valence-electron chi connectivity index (χ1n) is 5.31. The minimum absolute atomic E-state index is 0.223. The van der Waals surface area contributed by atoms with E-state index in [1.807, 2.05) is 0 Å². The van der Waals surface area contributed by atoms with E-state index < -0.39 is 15.7 Å². The SMILES string of the molecule is O=S(=O)(c1ccc(F)cc1)C1CCNCC1. The Kier molecular flexibility index (Phi) is 3.25. The predicted octanol–water partition coefficient (Wildman–Crippen LogP) is 1.35. The van der Waals surface area contributed by atoms with Crippen molar-refractivity contribution in [2.45, 2.75) is 23.0 Å². The Hall–Kier alpha value is -0.940. The van der Waals surface area contributed by atoms with E-state index in [1.54, 1.807) is 0 Å². The van der Waals surface area contributed by atoms with Crippen molar-refractivity contribution in [3.63, 3.8) is 0 Å². The molecule has 0 saturated carbocycles. The molecule has 1 saturated heterocycles. The zero-order valence-corrected chi connectivity index (χ0v) is 9.63. The summed E-state index contributed by atoms with van der Waals surface area (Å²) in [6.45, 7) is 1.45. The molecule has 1 aliphatic heterocycles. The normalized spacial score (nSPS) is 18.6. The van der Waals surface area contributed by atoms with Crippen molar-refractivity contribution in [1.82, 2.24) is 5.32 Å². The maximum absolute atomic E-state index is 12.7. The third-order valence-electron chi connectivity index (χ3n) is 2.87. The molecule has 0 unspecified atom stereocenters. The van der Waals surface area contributed by atoms with Gasteiger partial charge in [0, 0.05) is 0 Å². The summed E-state index contributed by atoms with van der Waals surface area (Å²) < 4.78 is 37.0. The highest BCUT2D eigenvalue weighted by Crippen LogP contribution is 2.22. The molecule has 1 heterocycles. The van der Waals surface area contributed by atoms with Gasteiger partial charge < -0.3 is 5.32 Å². The molecule has 0 aliphatic carbocycles. The molecule has 1 aromatic carbocycles. The smallest absolute Gasteiger partial charge is 0.181 e. The van der Waals surface area contributed by atoms with Crippen molar-refractivity contribution in [3.8, 4) is 0 Å². The van der Waals surface area contributed by atoms with Crippen molar-refractivity contribution in [2.24, 2.45) is 0 Å². The maximum Gasteiger partial charge on any atom is 0.181 e. The summed E-state index contributed by atoms with van der Waals surface area (Å²) in [5, 5.41) is 2.79. The minimum atomic E-state index is -3.29. The second-order valence-electron chi connectivity index (χ2n) is 3.95. The number of sulfone groups is 1. The third kappa shape index (κ3) is 2.25. The Morgan fingerprint density at radius 2 is 1.69 bits per heavy atom. The topological polar surface area (TPSA) is 46.2 Å². The van der Waals surface area contributed by atoms with Gasteiger partial charge in [-0.2, -0.15) is 0 Å². The van der Waals surface area contributed by atoms with Crippen molar-refractivity contribution in [1.29, 1.82) is 0 Å². The van der Waals surface area contributed by atoms with E-state index in [2.05, 4.69) is 5.32 Å². The van der Waals surface area contributed by atoms with Crippen LogP contribution < -0.4 is 5.32 Å². The monoisotopic (exact) mass is 243 g/mol. The van der Waals surface area contributed by atoms with Gasteiger partial charge in [0.1, 0.15) is 5.82 Å². The van der Waals surface area contributed by atoms with Crippen LogP contribution in [0.3, 0.4) is 0 Å². The number of nitrogens with one attached hydrogen (secondary N) is 1. The number of halogens is 1. The van der Waals surface area contributed by atoms with E-state index >= 15 is 0 Å². The van der Waals surface area contributed by atoms with Gasteiger partial charge in [0.05, 0.1) is 10.1 Å². The highest BCUT2D eigenvalue weighted by atomic mass is 32.2. The van der Waals surface area contributed by atoms with Crippen molar-refractivity contribution in [2.75, 3.05) is 13.1 Å². The highest BCUT2D eigenvalue weighted by Gasteiger charge is 2.28. The zero-order chi connectivity index (χ0) is 11.6. The number of hydrogen-bond acceptors (Lipinski definition) is 3. The van der Waals surface area contributed by atoms with Crippen LogP contribution in [0.2, 0.25) is 0 Å². The van der Waals surface area contributed by atoms with Gasteiger partial charge in [0.2, 0.25) is 0 Å². The van der Waals surface area contributed by atoms with Crippen LogP contribution in [-0.2, 0) is 9.84 Å². The zero-order valence-electron chi connectivity index (χ0n) is 8.82. The van der Waals surface area contributed by atoms with E-state index in [1.165, 1.54) is 24.3 Å². The Morgan fingerprint density at radius 1 is 1.12 bits per heavy atom. The fraction of sp³-hybridized carbons (Fsp3) is 0.455. The first kappa shape index (κ1) is 11.5. The lowest BCUT2D eigenvalue weighted by atomic mass is 10.2. The molecule has 0 radical (unpaired) electrons. The minimum Gasteiger partial charge on any atom is -0.317 e. The molecule has 0 bridgehead atoms. The molecule has 0 amide bonds. The summed E-state index contributed by atoms with van der Waals surface area (Å²) in [4.78, 5) is 0.223. The van der Waals surface area contributed by atoms with Crippen LogP contribution in [0.4, 0.5) is 4.39 Å². The maximum atomic E-state index is 12.7. The van der Waals surface area contributed by atoms with Crippen LogP contribution in [0.15, 0.2) is 29.2 Å². The quantitative estimate of drug-likeness (QED) is 0.798. The van der Waals surface area contributed by atoms with Crippen LogP contribution in [0, 0.1) is 5.82 Å². The Balaban J connectivity index is 2.27. The molecule has 1 aromatic rings. The summed E-state index contributed by atoms with van der Waals surface area (Å²) in [5.74, 6) is -0.413. The molecular weight excluding hydrogens is 229 g/mol. The van der Waals surface area contributed by atoms with E-state index in [9.17, 15) is 12.8 Å². The lowest BCUT2D eigenvalue weighted by molar-refractivity contribution is 0.496. The molecule has 3 nitrogen and oxygen atoms in total. The van der Waals surface area contributed by atoms with E-state index in [4.69, 9.17) is 0 Å². The van der Waals surface area contributed by atoms with Gasteiger partial charge in [-0.3, -0.25) is 0 Å². The first-order valence-corrected chi connectivity index (χ1v) is 6.85. The van der Waals surface area contributed by atoms with Gasteiger partial charge in [-0.1, -0.05) is 0 Å². The summed E-state index contributed by atoms with van der Waals surface area (Å²) >= 11 is 0. The molecular formula is C11H14FNO2S. The van der Waals surface area contributed by atoms with Crippen LogP contribution in [0.5, 0.6) is 0 Å². The molecule has 5 heteroatoms. The fourth-order valence-electron chi connectivity index (χ4n) is 1.92. The van der Waals surface area contributed by atoms with Gasteiger partial charge in [-0.15, -0.1) is 0 Å². The lowest BCUT2D eigenvalue weighted by Gasteiger charge is -2.22. The number of benzene rings is 1. The second kappa shape index (κ2) is 4.51. The molecule has 1 N–H and O–H groups in total. The van der Waals surface area contributed by atoms with Crippen molar-refractivity contribution < 1.29 is 12.8 Å². The number of piperidine rings is 1. The van der Waals surface area contributed by atoms with Gasteiger partial charge >= 0.3 is 0 Å². The lowest BCUT2D eigenvalue weighted by Crippen LogP contribution is -2.35. The number of hydrogen-bond donors (Lipinski definition) is 1. The summed E-state index contributed by atoms with van der Waals surface area (Å²) in [6.07, 6.45) is 1.25.